The van der Waals surface area contributed by atoms with Crippen molar-refractivity contribution in [3.05, 3.63) is 0 Å². The van der Waals surface area contributed by atoms with E-state index in [0.717, 1.165) is 0 Å². The zero-order valence-electron chi connectivity index (χ0n) is 15.9. The monoisotopic (exact) mass is 376 g/mol. The number of rotatable bonds is 16. The zero-order valence-corrected chi connectivity index (χ0v) is 15.9. The van der Waals surface area contributed by atoms with E-state index < -0.39 is 11.4 Å². The molecule has 0 atom stereocenters. The molecule has 3 amide bonds. The minimum absolute atomic E-state index is 0.111. The lowest BCUT2D eigenvalue weighted by molar-refractivity contribution is -0.122. The summed E-state index contributed by atoms with van der Waals surface area (Å²) in [5.74, 6) is -0.664. The number of ether oxygens (including phenoxy) is 3. The van der Waals surface area contributed by atoms with Crippen molar-refractivity contribution in [2.24, 2.45) is 5.73 Å². The van der Waals surface area contributed by atoms with Crippen LogP contribution in [-0.2, 0) is 28.6 Å². The smallest absolute Gasteiger partial charge is 0.222 e. The van der Waals surface area contributed by atoms with Gasteiger partial charge in [-0.15, -0.1) is 0 Å². The second-order valence-corrected chi connectivity index (χ2v) is 5.75. The number of nitrogens with two attached hydrogens (primary N) is 1. The molecule has 0 radical (unpaired) electrons. The average molecular weight is 376 g/mol. The molecule has 26 heavy (non-hydrogen) atoms. The Balaban J connectivity index is 4.50. The SMILES string of the molecule is CNC(=O)CCOCC(COCCC(N)=O)(COCCC(=O)NC)NC. The second-order valence-electron chi connectivity index (χ2n) is 5.75. The Kier molecular flexibility index (Phi) is 13.5. The van der Waals surface area contributed by atoms with Crippen molar-refractivity contribution in [1.29, 1.82) is 0 Å². The summed E-state index contributed by atoms with van der Waals surface area (Å²) in [5, 5.41) is 8.16. The van der Waals surface area contributed by atoms with Gasteiger partial charge in [0.15, 0.2) is 0 Å². The molecule has 0 aromatic carbocycles. The van der Waals surface area contributed by atoms with E-state index in [1.165, 1.54) is 0 Å². The van der Waals surface area contributed by atoms with Gasteiger partial charge in [-0.2, -0.15) is 0 Å². The van der Waals surface area contributed by atoms with Gasteiger partial charge in [-0.05, 0) is 7.05 Å². The largest absolute Gasteiger partial charge is 0.379 e. The highest BCUT2D eigenvalue weighted by Crippen LogP contribution is 2.09. The molecule has 0 aromatic rings. The summed E-state index contributed by atoms with van der Waals surface area (Å²) in [6, 6.07) is 0. The molecular formula is C16H32N4O6. The van der Waals surface area contributed by atoms with Crippen molar-refractivity contribution in [3.8, 4) is 0 Å². The van der Waals surface area contributed by atoms with Crippen LogP contribution < -0.4 is 21.7 Å². The first-order chi connectivity index (χ1) is 12.4. The standard InChI is InChI=1S/C16H32N4O6/c1-18-14(22)5-8-25-11-16(20-3,10-24-7-4-13(17)21)12-26-9-6-15(23)19-2/h20H,4-12H2,1-3H3,(H2,17,21)(H,18,22)(H,19,23). The van der Waals surface area contributed by atoms with Crippen LogP contribution in [0.1, 0.15) is 19.3 Å². The Morgan fingerprint density at radius 1 is 0.769 bits per heavy atom. The van der Waals surface area contributed by atoms with Gasteiger partial charge in [0.05, 0.1) is 45.2 Å². The number of likely N-dealkylation sites (N-methyl/N-ethyl adjacent to an activating group) is 1. The Morgan fingerprint density at radius 3 is 1.46 bits per heavy atom. The van der Waals surface area contributed by atoms with E-state index in [2.05, 4.69) is 16.0 Å². The van der Waals surface area contributed by atoms with Gasteiger partial charge < -0.3 is 35.9 Å². The molecule has 0 unspecified atom stereocenters. The first-order valence-corrected chi connectivity index (χ1v) is 8.50. The molecule has 0 fully saturated rings. The molecule has 0 rings (SSSR count). The highest BCUT2D eigenvalue weighted by Gasteiger charge is 2.30. The van der Waals surface area contributed by atoms with Crippen LogP contribution >= 0.6 is 0 Å². The lowest BCUT2D eigenvalue weighted by Gasteiger charge is -2.33. The first kappa shape index (κ1) is 24.2. The third-order valence-electron chi connectivity index (χ3n) is 3.66. The maximum Gasteiger partial charge on any atom is 0.222 e. The molecule has 5 N–H and O–H groups in total. The Morgan fingerprint density at radius 2 is 1.15 bits per heavy atom. The lowest BCUT2D eigenvalue weighted by Crippen LogP contribution is -2.55. The highest BCUT2D eigenvalue weighted by molar-refractivity contribution is 5.75. The third kappa shape index (κ3) is 11.7. The fraction of sp³-hybridized carbons (Fsp3) is 0.812. The molecule has 10 nitrogen and oxygen atoms in total. The van der Waals surface area contributed by atoms with Crippen LogP contribution in [0.2, 0.25) is 0 Å². The molecule has 10 heteroatoms. The minimum Gasteiger partial charge on any atom is -0.379 e. The molecule has 0 bridgehead atoms. The van der Waals surface area contributed by atoms with Gasteiger partial charge in [0, 0.05) is 33.4 Å². The Bertz CT molecular complexity index is 409. The van der Waals surface area contributed by atoms with E-state index in [0.29, 0.717) is 0 Å². The van der Waals surface area contributed by atoms with Crippen molar-refractivity contribution < 1.29 is 28.6 Å². The number of amides is 3. The van der Waals surface area contributed by atoms with Gasteiger partial charge in [-0.3, -0.25) is 14.4 Å². The molecule has 0 spiro atoms. The van der Waals surface area contributed by atoms with E-state index in [1.807, 2.05) is 0 Å². The van der Waals surface area contributed by atoms with Crippen molar-refractivity contribution in [2.45, 2.75) is 24.8 Å². The Labute approximate surface area is 154 Å². The topological polar surface area (TPSA) is 141 Å². The van der Waals surface area contributed by atoms with Crippen LogP contribution in [0.3, 0.4) is 0 Å². The molecule has 152 valence electrons. The average Bonchev–Trinajstić information content (AvgIpc) is 2.64. The zero-order chi connectivity index (χ0) is 19.8. The van der Waals surface area contributed by atoms with Gasteiger partial charge in [0.2, 0.25) is 17.7 Å². The lowest BCUT2D eigenvalue weighted by atomic mass is 10.0. The minimum atomic E-state index is -0.678. The summed E-state index contributed by atoms with van der Waals surface area (Å²) in [6.07, 6.45) is 0.613. The molecule has 0 aliphatic heterocycles. The maximum atomic E-state index is 11.2. The fourth-order valence-corrected chi connectivity index (χ4v) is 1.90. The van der Waals surface area contributed by atoms with Crippen molar-refractivity contribution in [1.82, 2.24) is 16.0 Å². The van der Waals surface area contributed by atoms with Crippen LogP contribution in [-0.4, -0.2) is 84.0 Å². The normalized spacial score (nSPS) is 11.2. The van der Waals surface area contributed by atoms with Crippen molar-refractivity contribution in [3.63, 3.8) is 0 Å². The first-order valence-electron chi connectivity index (χ1n) is 8.50. The van der Waals surface area contributed by atoms with E-state index in [-0.39, 0.29) is 70.7 Å². The number of nitrogens with one attached hydrogen (secondary N) is 3. The summed E-state index contributed by atoms with van der Waals surface area (Å²) in [5.41, 5.74) is 4.42. The number of primary amides is 1. The summed E-state index contributed by atoms with van der Waals surface area (Å²) < 4.78 is 16.7. The van der Waals surface area contributed by atoms with Crippen LogP contribution in [0.25, 0.3) is 0 Å². The van der Waals surface area contributed by atoms with Gasteiger partial charge in [-0.1, -0.05) is 0 Å². The predicted molar refractivity (Wildman–Crippen MR) is 95.4 cm³/mol. The molecule has 0 aliphatic carbocycles. The predicted octanol–water partition coefficient (Wildman–Crippen LogP) is -1.86. The molecule has 0 heterocycles. The van der Waals surface area contributed by atoms with Crippen LogP contribution in [0, 0.1) is 0 Å². The summed E-state index contributed by atoms with van der Waals surface area (Å²) >= 11 is 0. The van der Waals surface area contributed by atoms with E-state index in [1.54, 1.807) is 21.1 Å². The van der Waals surface area contributed by atoms with Gasteiger partial charge in [0.1, 0.15) is 0 Å². The van der Waals surface area contributed by atoms with Crippen LogP contribution in [0.5, 0.6) is 0 Å². The van der Waals surface area contributed by atoms with Crippen LogP contribution in [0.15, 0.2) is 0 Å². The van der Waals surface area contributed by atoms with Gasteiger partial charge in [0.25, 0.3) is 0 Å². The van der Waals surface area contributed by atoms with Gasteiger partial charge in [-0.25, -0.2) is 0 Å². The maximum absolute atomic E-state index is 11.2. The van der Waals surface area contributed by atoms with E-state index in [9.17, 15) is 14.4 Å². The molecule has 0 saturated heterocycles. The number of hydrogen-bond acceptors (Lipinski definition) is 7. The molecule has 0 saturated carbocycles. The van der Waals surface area contributed by atoms with Crippen molar-refractivity contribution >= 4 is 17.7 Å². The fourth-order valence-electron chi connectivity index (χ4n) is 1.90. The second kappa shape index (κ2) is 14.4. The number of hydrogen-bond donors (Lipinski definition) is 4. The van der Waals surface area contributed by atoms with E-state index >= 15 is 0 Å². The quantitative estimate of drug-likeness (QED) is 0.232. The third-order valence-corrected chi connectivity index (χ3v) is 3.66. The van der Waals surface area contributed by atoms with Crippen LogP contribution in [0.4, 0.5) is 0 Å². The van der Waals surface area contributed by atoms with Gasteiger partial charge >= 0.3 is 0 Å². The number of carbonyl (C=O) groups is 3. The molecule has 0 aliphatic rings. The summed E-state index contributed by atoms with van der Waals surface area (Å²) in [4.78, 5) is 33.3. The Hall–Kier alpha value is -1.75. The van der Waals surface area contributed by atoms with E-state index in [4.69, 9.17) is 19.9 Å². The highest BCUT2D eigenvalue weighted by atomic mass is 16.5. The molecular weight excluding hydrogens is 344 g/mol. The summed E-state index contributed by atoms with van der Waals surface area (Å²) in [6.45, 7) is 1.38. The number of carbonyl (C=O) groups excluding carboxylic acids is 3. The summed E-state index contributed by atoms with van der Waals surface area (Å²) in [7, 11) is 4.86. The molecule has 0 aromatic heterocycles. The van der Waals surface area contributed by atoms with Crippen molar-refractivity contribution in [2.75, 3.05) is 60.8 Å².